The van der Waals surface area contributed by atoms with Gasteiger partial charge in [0.1, 0.15) is 5.15 Å². The summed E-state index contributed by atoms with van der Waals surface area (Å²) in [5.74, 6) is 0. The molecule has 74 valence electrons. The molecule has 0 bridgehead atoms. The second-order valence-electron chi connectivity index (χ2n) is 3.17. The fourth-order valence-corrected chi connectivity index (χ4v) is 1.88. The van der Waals surface area contributed by atoms with Crippen molar-refractivity contribution in [1.29, 1.82) is 0 Å². The van der Waals surface area contributed by atoms with Crippen molar-refractivity contribution in [3.8, 4) is 0 Å². The lowest BCUT2D eigenvalue weighted by Gasteiger charge is -2.05. The maximum atomic E-state index is 6.11. The van der Waals surface area contributed by atoms with Crippen LogP contribution in [0.5, 0.6) is 0 Å². The van der Waals surface area contributed by atoms with Gasteiger partial charge in [0.2, 0.25) is 0 Å². The van der Waals surface area contributed by atoms with Crippen molar-refractivity contribution in [2.75, 3.05) is 13.7 Å². The Morgan fingerprint density at radius 2 is 2.14 bits per heavy atom. The molecule has 0 aliphatic rings. The van der Waals surface area contributed by atoms with Gasteiger partial charge in [-0.3, -0.25) is 0 Å². The molecule has 1 heterocycles. The van der Waals surface area contributed by atoms with E-state index in [9.17, 15) is 0 Å². The van der Waals surface area contributed by atoms with Gasteiger partial charge in [0.15, 0.2) is 0 Å². The minimum absolute atomic E-state index is 0.679. The first-order valence-electron chi connectivity index (χ1n) is 4.55. The fraction of sp³-hybridized carbons (Fsp3) is 0.273. The van der Waals surface area contributed by atoms with E-state index in [2.05, 4.69) is 16.7 Å². The summed E-state index contributed by atoms with van der Waals surface area (Å²) in [5.41, 5.74) is 1.16. The van der Waals surface area contributed by atoms with Crippen molar-refractivity contribution in [1.82, 2.24) is 4.57 Å². The molecule has 1 aromatic heterocycles. The van der Waals surface area contributed by atoms with E-state index in [4.69, 9.17) is 16.3 Å². The van der Waals surface area contributed by atoms with Crippen molar-refractivity contribution in [3.63, 3.8) is 0 Å². The summed E-state index contributed by atoms with van der Waals surface area (Å²) in [4.78, 5) is 0. The zero-order valence-electron chi connectivity index (χ0n) is 8.03. The number of benzene rings is 1. The van der Waals surface area contributed by atoms with E-state index in [1.165, 1.54) is 5.39 Å². The largest absolute Gasteiger partial charge is 0.383 e. The van der Waals surface area contributed by atoms with Gasteiger partial charge in [-0.2, -0.15) is 0 Å². The van der Waals surface area contributed by atoms with Crippen LogP contribution in [0.15, 0.2) is 30.3 Å². The van der Waals surface area contributed by atoms with Crippen LogP contribution in [0.2, 0.25) is 5.15 Å². The first kappa shape index (κ1) is 9.56. The number of hydrogen-bond donors (Lipinski definition) is 0. The molecule has 0 unspecified atom stereocenters. The highest BCUT2D eigenvalue weighted by atomic mass is 35.5. The lowest BCUT2D eigenvalue weighted by molar-refractivity contribution is 0.188. The van der Waals surface area contributed by atoms with Gasteiger partial charge in [0.05, 0.1) is 6.61 Å². The smallest absolute Gasteiger partial charge is 0.110 e. The highest BCUT2D eigenvalue weighted by Gasteiger charge is 2.04. The van der Waals surface area contributed by atoms with E-state index >= 15 is 0 Å². The Labute approximate surface area is 88.0 Å². The molecular formula is C11H12ClNO. The van der Waals surface area contributed by atoms with E-state index in [1.54, 1.807) is 7.11 Å². The topological polar surface area (TPSA) is 14.2 Å². The van der Waals surface area contributed by atoms with Crippen LogP contribution >= 0.6 is 11.6 Å². The molecule has 0 aliphatic carbocycles. The molecule has 0 spiro atoms. The van der Waals surface area contributed by atoms with Crippen LogP contribution in [0.4, 0.5) is 0 Å². The number of hydrogen-bond acceptors (Lipinski definition) is 1. The predicted molar refractivity (Wildman–Crippen MR) is 58.8 cm³/mol. The van der Waals surface area contributed by atoms with E-state index < -0.39 is 0 Å². The Balaban J connectivity index is 2.45. The number of aromatic nitrogens is 1. The second-order valence-corrected chi connectivity index (χ2v) is 3.56. The maximum Gasteiger partial charge on any atom is 0.110 e. The first-order chi connectivity index (χ1) is 6.83. The standard InChI is InChI=1S/C11H12ClNO/c1-14-7-6-13-10-5-3-2-4-9(10)8-11(13)12/h2-5,8H,6-7H2,1H3. The van der Waals surface area contributed by atoms with Crippen LogP contribution in [0.25, 0.3) is 10.9 Å². The molecule has 3 heteroatoms. The van der Waals surface area contributed by atoms with Crippen molar-refractivity contribution in [3.05, 3.63) is 35.5 Å². The molecule has 2 rings (SSSR count). The number of para-hydroxylation sites is 1. The van der Waals surface area contributed by atoms with Crippen LogP contribution in [-0.4, -0.2) is 18.3 Å². The number of fused-ring (bicyclic) bond motifs is 1. The minimum atomic E-state index is 0.679. The highest BCUT2D eigenvalue weighted by molar-refractivity contribution is 6.30. The quantitative estimate of drug-likeness (QED) is 0.758. The van der Waals surface area contributed by atoms with E-state index in [-0.39, 0.29) is 0 Å². The molecule has 0 amide bonds. The average molecular weight is 210 g/mol. The van der Waals surface area contributed by atoms with Gasteiger partial charge in [0.25, 0.3) is 0 Å². The number of methoxy groups -OCH3 is 1. The number of ether oxygens (including phenoxy) is 1. The van der Waals surface area contributed by atoms with Crippen LogP contribution in [-0.2, 0) is 11.3 Å². The van der Waals surface area contributed by atoms with Crippen LogP contribution in [0.1, 0.15) is 0 Å². The molecule has 2 nitrogen and oxygen atoms in total. The van der Waals surface area contributed by atoms with Crippen LogP contribution < -0.4 is 0 Å². The first-order valence-corrected chi connectivity index (χ1v) is 4.93. The molecule has 0 saturated heterocycles. The fourth-order valence-electron chi connectivity index (χ4n) is 1.59. The molecule has 0 fully saturated rings. The third kappa shape index (κ3) is 1.63. The maximum absolute atomic E-state index is 6.11. The zero-order chi connectivity index (χ0) is 9.97. The van der Waals surface area contributed by atoms with Gasteiger partial charge in [-0.1, -0.05) is 29.8 Å². The molecule has 0 N–H and O–H groups in total. The van der Waals surface area contributed by atoms with E-state index in [1.807, 2.05) is 18.2 Å². The van der Waals surface area contributed by atoms with Crippen LogP contribution in [0, 0.1) is 0 Å². The molecular weight excluding hydrogens is 198 g/mol. The summed E-state index contributed by atoms with van der Waals surface area (Å²) in [6, 6.07) is 10.1. The monoisotopic (exact) mass is 209 g/mol. The highest BCUT2D eigenvalue weighted by Crippen LogP contribution is 2.22. The molecule has 0 saturated carbocycles. The summed E-state index contributed by atoms with van der Waals surface area (Å²) in [6.45, 7) is 1.47. The molecule has 14 heavy (non-hydrogen) atoms. The molecule has 1 aromatic carbocycles. The van der Waals surface area contributed by atoms with Crippen LogP contribution in [0.3, 0.4) is 0 Å². The summed E-state index contributed by atoms with van der Waals surface area (Å²) < 4.78 is 7.10. The van der Waals surface area contributed by atoms with Gasteiger partial charge >= 0.3 is 0 Å². The third-order valence-electron chi connectivity index (χ3n) is 2.28. The predicted octanol–water partition coefficient (Wildman–Crippen LogP) is 2.94. The molecule has 0 aliphatic heterocycles. The molecule has 0 radical (unpaired) electrons. The Morgan fingerprint density at radius 3 is 2.93 bits per heavy atom. The van der Waals surface area contributed by atoms with Gasteiger partial charge in [0, 0.05) is 24.6 Å². The number of nitrogens with zero attached hydrogens (tertiary/aromatic N) is 1. The van der Waals surface area contributed by atoms with E-state index in [0.29, 0.717) is 6.61 Å². The molecule has 0 atom stereocenters. The van der Waals surface area contributed by atoms with Gasteiger partial charge in [-0.25, -0.2) is 0 Å². The molecule has 2 aromatic rings. The lowest BCUT2D eigenvalue weighted by atomic mass is 10.2. The summed E-state index contributed by atoms with van der Waals surface area (Å²) in [5, 5.41) is 1.94. The van der Waals surface area contributed by atoms with Crippen molar-refractivity contribution in [2.45, 2.75) is 6.54 Å². The van der Waals surface area contributed by atoms with Crippen molar-refractivity contribution >= 4 is 22.5 Å². The lowest BCUT2D eigenvalue weighted by Crippen LogP contribution is -2.03. The second kappa shape index (κ2) is 4.03. The van der Waals surface area contributed by atoms with Crippen molar-refractivity contribution in [2.24, 2.45) is 0 Å². The Bertz CT molecular complexity index is 436. The normalized spacial score (nSPS) is 11.0. The SMILES string of the molecule is COCCn1c(Cl)cc2ccccc21. The third-order valence-corrected chi connectivity index (χ3v) is 2.59. The van der Waals surface area contributed by atoms with Gasteiger partial charge in [-0.15, -0.1) is 0 Å². The van der Waals surface area contributed by atoms with Gasteiger partial charge < -0.3 is 9.30 Å². The number of rotatable bonds is 3. The summed E-state index contributed by atoms with van der Waals surface area (Å²) in [7, 11) is 1.69. The van der Waals surface area contributed by atoms with Gasteiger partial charge in [-0.05, 0) is 12.1 Å². The summed E-state index contributed by atoms with van der Waals surface area (Å²) >= 11 is 6.11. The number of halogens is 1. The Hall–Kier alpha value is -0.990. The Morgan fingerprint density at radius 1 is 1.36 bits per heavy atom. The van der Waals surface area contributed by atoms with E-state index in [0.717, 1.165) is 17.2 Å². The minimum Gasteiger partial charge on any atom is -0.383 e. The Kier molecular flexibility index (Phi) is 2.75. The summed E-state index contributed by atoms with van der Waals surface area (Å²) in [6.07, 6.45) is 0. The zero-order valence-corrected chi connectivity index (χ0v) is 8.79. The van der Waals surface area contributed by atoms with Crippen molar-refractivity contribution < 1.29 is 4.74 Å². The average Bonchev–Trinajstić information content (AvgIpc) is 2.51.